The molecule has 0 saturated carbocycles. The summed E-state index contributed by atoms with van der Waals surface area (Å²) in [6.45, 7) is 3.34. The molecule has 6 rings (SSSR count). The first-order valence-electron chi connectivity index (χ1n) is 11.1. The van der Waals surface area contributed by atoms with E-state index in [1.807, 2.05) is 11.2 Å². The molecule has 0 aromatic heterocycles. The van der Waals surface area contributed by atoms with Gasteiger partial charge in [-0.3, -0.25) is 4.79 Å². The maximum Gasteiger partial charge on any atom is 0.341 e. The van der Waals surface area contributed by atoms with Crippen molar-refractivity contribution in [3.63, 3.8) is 0 Å². The molecule has 5 aliphatic rings. The number of ketones is 1. The number of hydrogen-bond donors (Lipinski definition) is 0. The molecule has 0 radical (unpaired) electrons. The van der Waals surface area contributed by atoms with Crippen LogP contribution in [-0.2, 0) is 20.8 Å². The molecule has 5 nitrogen and oxygen atoms in total. The lowest BCUT2D eigenvalue weighted by atomic mass is 9.88. The molecule has 1 aromatic carbocycles. The predicted molar refractivity (Wildman–Crippen MR) is 117 cm³/mol. The number of Topliss-reactive ketones (excluding diaryl/α,β-unsaturated/α-hetero) is 1. The third kappa shape index (κ3) is 2.88. The Kier molecular flexibility index (Phi) is 4.99. The summed E-state index contributed by atoms with van der Waals surface area (Å²) >= 11 is 1.55. The zero-order chi connectivity index (χ0) is 20.9. The van der Waals surface area contributed by atoms with E-state index in [0.29, 0.717) is 13.0 Å². The summed E-state index contributed by atoms with van der Waals surface area (Å²) in [7, 11) is 0. The van der Waals surface area contributed by atoms with Gasteiger partial charge in [0.15, 0.2) is 11.8 Å². The fraction of sp³-hybridized carbons (Fsp3) is 0.542. The lowest BCUT2D eigenvalue weighted by Crippen LogP contribution is -2.69. The van der Waals surface area contributed by atoms with E-state index in [4.69, 9.17) is 0 Å². The highest BCUT2D eigenvalue weighted by Crippen LogP contribution is 2.58. The van der Waals surface area contributed by atoms with Crippen molar-refractivity contribution in [3.05, 3.63) is 41.0 Å². The molecular formula is C24H29N2O3S+. The van der Waals surface area contributed by atoms with E-state index in [-0.39, 0.29) is 22.2 Å². The maximum atomic E-state index is 13.5. The summed E-state index contributed by atoms with van der Waals surface area (Å²) in [6, 6.07) is 8.05. The molecule has 5 atom stereocenters. The number of rotatable bonds is 7. The predicted octanol–water partition coefficient (Wildman–Crippen LogP) is 3.52. The average molecular weight is 426 g/mol. The lowest BCUT2D eigenvalue weighted by Gasteiger charge is -2.47. The number of fused-ring (bicyclic) bond motifs is 2. The Bertz CT molecular complexity index is 940. The number of likely N-dealkylation sites (tertiary alicyclic amines) is 1. The molecule has 30 heavy (non-hydrogen) atoms. The van der Waals surface area contributed by atoms with Gasteiger partial charge in [-0.1, -0.05) is 47.9 Å². The fourth-order valence-corrected chi connectivity index (χ4v) is 7.39. The summed E-state index contributed by atoms with van der Waals surface area (Å²) in [6.07, 6.45) is 8.85. The minimum absolute atomic E-state index is 0.0179. The molecule has 6 heteroatoms. The van der Waals surface area contributed by atoms with Crippen LogP contribution in [-0.4, -0.2) is 56.8 Å². The topological polar surface area (TPSA) is 54.5 Å². The Labute approximate surface area is 182 Å². The minimum atomic E-state index is -0.624. The molecule has 2 amide bonds. The Morgan fingerprint density at radius 1 is 1.33 bits per heavy atom. The third-order valence-corrected chi connectivity index (χ3v) is 9.30. The first-order chi connectivity index (χ1) is 14.5. The van der Waals surface area contributed by atoms with Gasteiger partial charge in [-0.2, -0.15) is 4.48 Å². The van der Waals surface area contributed by atoms with Crippen LogP contribution in [0.1, 0.15) is 56.6 Å². The second-order valence-electron chi connectivity index (χ2n) is 9.32. The molecule has 1 aliphatic carbocycles. The highest BCUT2D eigenvalue weighted by atomic mass is 32.2. The Hall–Kier alpha value is -1.76. The van der Waals surface area contributed by atoms with Gasteiger partial charge in [0.25, 0.3) is 0 Å². The van der Waals surface area contributed by atoms with E-state index in [2.05, 4.69) is 30.3 Å². The Morgan fingerprint density at radius 2 is 2.17 bits per heavy atom. The summed E-state index contributed by atoms with van der Waals surface area (Å²) in [4.78, 5) is 38.8. The standard InChI is InChI=1S/C24H29N2O3S/c1-17-6-5-13-26(17,16-27)23(29)22-24(11-12-25(22)30-24)21(28)10-4-7-18-14-19-8-2-3-9-20(19)15-18/h2-3,8-9,14,16-17,22H,4-7,10-13,15H2,1H3/q+1/t17-,22-,24?,26?/m1/s1. The van der Waals surface area contributed by atoms with Crippen molar-refractivity contribution in [2.24, 2.45) is 0 Å². The van der Waals surface area contributed by atoms with Gasteiger partial charge in [0.2, 0.25) is 0 Å². The van der Waals surface area contributed by atoms with Crippen LogP contribution < -0.4 is 0 Å². The van der Waals surface area contributed by atoms with Crippen LogP contribution >= 0.6 is 11.9 Å². The molecular weight excluding hydrogens is 396 g/mol. The van der Waals surface area contributed by atoms with Crippen molar-refractivity contribution < 1.29 is 18.9 Å². The van der Waals surface area contributed by atoms with E-state index in [0.717, 1.165) is 51.5 Å². The van der Waals surface area contributed by atoms with Crippen molar-refractivity contribution in [2.45, 2.75) is 68.7 Å². The molecule has 1 aromatic rings. The van der Waals surface area contributed by atoms with Gasteiger partial charge in [-0.05, 0) is 43.7 Å². The van der Waals surface area contributed by atoms with Crippen LogP contribution in [0.5, 0.6) is 0 Å². The van der Waals surface area contributed by atoms with E-state index in [1.54, 1.807) is 11.9 Å². The van der Waals surface area contributed by atoms with Crippen LogP contribution in [0.3, 0.4) is 0 Å². The van der Waals surface area contributed by atoms with Crippen molar-refractivity contribution in [2.75, 3.05) is 13.1 Å². The number of imide groups is 1. The van der Waals surface area contributed by atoms with Gasteiger partial charge in [-0.25, -0.2) is 13.9 Å². The van der Waals surface area contributed by atoms with Crippen LogP contribution in [0.4, 0.5) is 0 Å². The highest BCUT2D eigenvalue weighted by molar-refractivity contribution is 8.01. The van der Waals surface area contributed by atoms with Crippen molar-refractivity contribution in [3.8, 4) is 0 Å². The SMILES string of the molecule is C[C@@H]1CCC[N+]1(C=O)C(=O)[C@H]1N2CCC1(C(=O)CCCC1=Cc3ccccc3C1)S2. The number of allylic oxidation sites excluding steroid dienone is 1. The quantitative estimate of drug-likeness (QED) is 0.380. The smallest absolute Gasteiger partial charge is 0.298 e. The third-order valence-electron chi connectivity index (χ3n) is 7.69. The fourth-order valence-electron chi connectivity index (χ4n) is 5.86. The molecule has 2 bridgehead atoms. The zero-order valence-corrected chi connectivity index (χ0v) is 18.3. The van der Waals surface area contributed by atoms with Crippen LogP contribution in [0.25, 0.3) is 6.08 Å². The van der Waals surface area contributed by atoms with Crippen LogP contribution in [0.2, 0.25) is 0 Å². The largest absolute Gasteiger partial charge is 0.341 e. The number of hydrogen-bond acceptors (Lipinski definition) is 5. The Morgan fingerprint density at radius 3 is 2.87 bits per heavy atom. The van der Waals surface area contributed by atoms with Crippen LogP contribution in [0.15, 0.2) is 29.8 Å². The van der Waals surface area contributed by atoms with Gasteiger partial charge >= 0.3 is 12.3 Å². The number of carbonyl (C=O) groups excluding carboxylic acids is 3. The second-order valence-corrected chi connectivity index (χ2v) is 10.7. The molecule has 158 valence electrons. The summed E-state index contributed by atoms with van der Waals surface area (Å²) < 4.78 is 1.33. The van der Waals surface area contributed by atoms with Gasteiger partial charge in [0, 0.05) is 25.8 Å². The van der Waals surface area contributed by atoms with Crippen LogP contribution in [0, 0.1) is 0 Å². The number of nitrogens with zero attached hydrogens (tertiary/aromatic N) is 2. The summed E-state index contributed by atoms with van der Waals surface area (Å²) in [5.41, 5.74) is 4.05. The number of carbonyl (C=O) groups is 3. The molecule has 4 fully saturated rings. The first kappa shape index (κ1) is 20.2. The molecule has 4 aliphatic heterocycles. The van der Waals surface area contributed by atoms with Gasteiger partial charge in [0.05, 0.1) is 6.54 Å². The van der Waals surface area contributed by atoms with Crippen molar-refractivity contribution in [1.29, 1.82) is 0 Å². The molecule has 0 spiro atoms. The maximum absolute atomic E-state index is 13.5. The lowest BCUT2D eigenvalue weighted by molar-refractivity contribution is -0.781. The Balaban J connectivity index is 1.23. The minimum Gasteiger partial charge on any atom is -0.298 e. The summed E-state index contributed by atoms with van der Waals surface area (Å²) in [5, 5.41) is 0. The number of benzene rings is 1. The number of amides is 2. The van der Waals surface area contributed by atoms with E-state index in [9.17, 15) is 14.4 Å². The van der Waals surface area contributed by atoms with Gasteiger partial charge in [-0.15, -0.1) is 0 Å². The van der Waals surface area contributed by atoms with Crippen molar-refractivity contribution in [1.82, 2.24) is 4.31 Å². The summed E-state index contributed by atoms with van der Waals surface area (Å²) in [5.74, 6) is 0.153. The normalized spacial score (nSPS) is 36.2. The first-order valence-corrected chi connectivity index (χ1v) is 11.9. The molecule has 0 N–H and O–H groups in total. The monoisotopic (exact) mass is 425 g/mol. The van der Waals surface area contributed by atoms with E-state index in [1.165, 1.54) is 16.7 Å². The highest BCUT2D eigenvalue weighted by Gasteiger charge is 2.70. The van der Waals surface area contributed by atoms with E-state index < -0.39 is 10.8 Å². The van der Waals surface area contributed by atoms with E-state index >= 15 is 0 Å². The van der Waals surface area contributed by atoms with Crippen molar-refractivity contribution >= 4 is 36.1 Å². The zero-order valence-electron chi connectivity index (χ0n) is 17.5. The van der Waals surface area contributed by atoms with Gasteiger partial charge < -0.3 is 0 Å². The van der Waals surface area contributed by atoms with Gasteiger partial charge in [0.1, 0.15) is 10.8 Å². The average Bonchev–Trinajstić information content (AvgIpc) is 3.49. The molecule has 4 heterocycles. The second kappa shape index (κ2) is 7.43. The molecule has 3 unspecified atom stereocenters. The number of quaternary nitrogens is 1. The molecule has 4 saturated heterocycles.